The maximum Gasteiger partial charge on any atom is 0.330 e. The molecule has 0 spiro atoms. The molecule has 0 aliphatic rings. The highest BCUT2D eigenvalue weighted by atomic mass is 16.4. The number of nitrogens with zero attached hydrogens (tertiary/aromatic N) is 1. The lowest BCUT2D eigenvalue weighted by atomic mass is 10.1. The third-order valence-electron chi connectivity index (χ3n) is 1.98. The second kappa shape index (κ2) is 5.82. The van der Waals surface area contributed by atoms with Crippen LogP contribution in [0.1, 0.15) is 19.8 Å². The monoisotopic (exact) mass is 217 g/mol. The molecule has 0 aromatic carbocycles. The second-order valence-corrected chi connectivity index (χ2v) is 4.46. The van der Waals surface area contributed by atoms with Crippen molar-refractivity contribution in [3.63, 3.8) is 0 Å². The van der Waals surface area contributed by atoms with E-state index >= 15 is 0 Å². The van der Waals surface area contributed by atoms with Gasteiger partial charge in [-0.15, -0.1) is 0 Å². The largest absolute Gasteiger partial charge is 0.481 e. The highest BCUT2D eigenvalue weighted by Gasteiger charge is 2.31. The molecule has 2 N–H and O–H groups in total. The number of nitrogens with one attached hydrogen (secondary N) is 1. The van der Waals surface area contributed by atoms with Gasteiger partial charge in [-0.1, -0.05) is 6.92 Å². The lowest BCUT2D eigenvalue weighted by molar-refractivity contribution is -0.793. The van der Waals surface area contributed by atoms with Crippen molar-refractivity contribution in [1.82, 2.24) is 5.32 Å². The molecule has 0 heterocycles. The molecule has 1 atom stereocenters. The maximum atomic E-state index is 11.9. The maximum absolute atomic E-state index is 11.9. The van der Waals surface area contributed by atoms with Gasteiger partial charge in [0, 0.05) is 0 Å². The Morgan fingerprint density at radius 2 is 1.87 bits per heavy atom. The van der Waals surface area contributed by atoms with Gasteiger partial charge in [0.2, 0.25) is 0 Å². The van der Waals surface area contributed by atoms with E-state index in [-0.39, 0.29) is 16.8 Å². The van der Waals surface area contributed by atoms with Crippen molar-refractivity contribution in [2.24, 2.45) is 0 Å². The van der Waals surface area contributed by atoms with Crippen LogP contribution in [0.2, 0.25) is 0 Å². The molecule has 88 valence electrons. The quantitative estimate of drug-likeness (QED) is 0.618. The van der Waals surface area contributed by atoms with Crippen LogP contribution in [0, 0.1) is 0 Å². The van der Waals surface area contributed by atoms with E-state index in [0.29, 0.717) is 6.54 Å². The van der Waals surface area contributed by atoms with Crippen LogP contribution in [-0.2, 0) is 9.59 Å². The van der Waals surface area contributed by atoms with Gasteiger partial charge in [0.25, 0.3) is 0 Å². The van der Waals surface area contributed by atoms with Crippen molar-refractivity contribution in [1.29, 1.82) is 0 Å². The number of quaternary nitrogens is 1. The summed E-state index contributed by atoms with van der Waals surface area (Å²) in [5.74, 6) is -1.06. The molecular weight excluding hydrogens is 196 g/mol. The SMILES string of the molecule is CCCNC(CC(=O)O)C(=O)[N+](C)(C)C. The van der Waals surface area contributed by atoms with E-state index in [4.69, 9.17) is 5.11 Å². The molecule has 0 rings (SSSR count). The molecule has 0 aliphatic heterocycles. The number of amides is 1. The Bertz CT molecular complexity index is 233. The van der Waals surface area contributed by atoms with E-state index in [1.165, 1.54) is 0 Å². The molecular formula is C10H21N2O3+. The van der Waals surface area contributed by atoms with Crippen molar-refractivity contribution in [2.45, 2.75) is 25.8 Å². The third kappa shape index (κ3) is 5.49. The van der Waals surface area contributed by atoms with Gasteiger partial charge in [0.15, 0.2) is 0 Å². The summed E-state index contributed by atoms with van der Waals surface area (Å²) in [5.41, 5.74) is 0. The van der Waals surface area contributed by atoms with Crippen LogP contribution in [0.25, 0.3) is 0 Å². The van der Waals surface area contributed by atoms with Crippen LogP contribution in [0.5, 0.6) is 0 Å². The number of hydrogen-bond donors (Lipinski definition) is 2. The van der Waals surface area contributed by atoms with Crippen LogP contribution >= 0.6 is 0 Å². The summed E-state index contributed by atoms with van der Waals surface area (Å²) in [6.45, 7) is 2.63. The van der Waals surface area contributed by atoms with Crippen LogP contribution in [0.4, 0.5) is 0 Å². The number of rotatable bonds is 6. The van der Waals surface area contributed by atoms with E-state index in [9.17, 15) is 9.59 Å². The van der Waals surface area contributed by atoms with Gasteiger partial charge in [-0.2, -0.15) is 0 Å². The van der Waals surface area contributed by atoms with Gasteiger partial charge in [-0.25, -0.2) is 4.79 Å². The first kappa shape index (κ1) is 14.1. The zero-order chi connectivity index (χ0) is 12.1. The first-order valence-corrected chi connectivity index (χ1v) is 5.10. The number of aliphatic carboxylic acids is 1. The number of likely N-dealkylation sites (N-methyl/N-ethyl adjacent to an activating group) is 1. The van der Waals surface area contributed by atoms with Crippen molar-refractivity contribution in [2.75, 3.05) is 27.7 Å². The van der Waals surface area contributed by atoms with Crippen LogP contribution in [-0.4, -0.2) is 55.2 Å². The predicted octanol–water partition coefficient (Wildman–Crippen LogP) is 0.0621. The highest BCUT2D eigenvalue weighted by Crippen LogP contribution is 2.02. The Labute approximate surface area is 90.7 Å². The average Bonchev–Trinajstić information content (AvgIpc) is 2.09. The van der Waals surface area contributed by atoms with E-state index in [1.54, 1.807) is 21.1 Å². The summed E-state index contributed by atoms with van der Waals surface area (Å²) in [4.78, 5) is 22.5. The van der Waals surface area contributed by atoms with Gasteiger partial charge in [-0.3, -0.25) is 9.28 Å². The molecule has 1 unspecified atom stereocenters. The molecule has 0 saturated carbocycles. The van der Waals surface area contributed by atoms with E-state index in [0.717, 1.165) is 6.42 Å². The second-order valence-electron chi connectivity index (χ2n) is 4.46. The fraction of sp³-hybridized carbons (Fsp3) is 0.800. The third-order valence-corrected chi connectivity index (χ3v) is 1.98. The van der Waals surface area contributed by atoms with Gasteiger partial charge in [0.05, 0.1) is 27.6 Å². The number of carboxylic acid groups (broad SMARTS) is 1. The first-order chi connectivity index (χ1) is 6.79. The van der Waals surface area contributed by atoms with E-state index < -0.39 is 12.0 Å². The summed E-state index contributed by atoms with van der Waals surface area (Å²) in [5, 5.41) is 11.7. The van der Waals surface area contributed by atoms with E-state index in [2.05, 4.69) is 5.32 Å². The number of carbonyl (C=O) groups excluding carboxylic acids is 1. The standard InChI is InChI=1S/C10H20N2O3/c1-5-6-11-8(7-9(13)14)10(15)12(2,3)4/h8,11H,5-7H2,1-4H3/p+1. The molecule has 5 heteroatoms. The minimum atomic E-state index is -0.953. The number of hydrogen-bond acceptors (Lipinski definition) is 3. The minimum absolute atomic E-state index is 0.106. The number of carboxylic acids is 1. The molecule has 0 aliphatic carbocycles. The fourth-order valence-electron chi connectivity index (χ4n) is 1.21. The topological polar surface area (TPSA) is 66.4 Å². The molecule has 0 saturated heterocycles. The average molecular weight is 217 g/mol. The Morgan fingerprint density at radius 3 is 2.20 bits per heavy atom. The highest BCUT2D eigenvalue weighted by molar-refractivity contribution is 5.81. The normalized spacial score (nSPS) is 13.6. The minimum Gasteiger partial charge on any atom is -0.481 e. The molecule has 0 radical (unpaired) electrons. The van der Waals surface area contributed by atoms with Crippen molar-refractivity contribution in [3.8, 4) is 0 Å². The lowest BCUT2D eigenvalue weighted by Crippen LogP contribution is -2.53. The van der Waals surface area contributed by atoms with Crippen molar-refractivity contribution in [3.05, 3.63) is 0 Å². The Kier molecular flexibility index (Phi) is 5.46. The molecule has 0 aromatic rings. The predicted molar refractivity (Wildman–Crippen MR) is 57.4 cm³/mol. The van der Waals surface area contributed by atoms with Crippen molar-refractivity contribution < 1.29 is 19.2 Å². The lowest BCUT2D eigenvalue weighted by Gasteiger charge is -2.26. The van der Waals surface area contributed by atoms with Gasteiger partial charge in [0.1, 0.15) is 6.04 Å². The van der Waals surface area contributed by atoms with Gasteiger partial charge < -0.3 is 10.4 Å². The Hall–Kier alpha value is -0.940. The summed E-state index contributed by atoms with van der Waals surface area (Å²) in [7, 11) is 5.22. The fourth-order valence-corrected chi connectivity index (χ4v) is 1.21. The number of carbonyl (C=O) groups is 2. The summed E-state index contributed by atoms with van der Waals surface area (Å²) >= 11 is 0. The van der Waals surface area contributed by atoms with Gasteiger partial charge in [-0.05, 0) is 13.0 Å². The molecule has 0 bridgehead atoms. The summed E-state index contributed by atoms with van der Waals surface area (Å²) in [6, 6.07) is -0.595. The first-order valence-electron chi connectivity index (χ1n) is 5.10. The molecule has 0 aromatic heterocycles. The van der Waals surface area contributed by atoms with Crippen molar-refractivity contribution >= 4 is 11.9 Å². The van der Waals surface area contributed by atoms with Gasteiger partial charge >= 0.3 is 11.9 Å². The molecule has 0 fully saturated rings. The summed E-state index contributed by atoms with van der Waals surface area (Å²) in [6.07, 6.45) is 0.717. The zero-order valence-electron chi connectivity index (χ0n) is 9.91. The smallest absolute Gasteiger partial charge is 0.330 e. The molecule has 5 nitrogen and oxygen atoms in total. The molecule has 15 heavy (non-hydrogen) atoms. The van der Waals surface area contributed by atoms with E-state index in [1.807, 2.05) is 6.92 Å². The zero-order valence-corrected chi connectivity index (χ0v) is 9.91. The Morgan fingerprint density at radius 1 is 1.33 bits per heavy atom. The Balaban J connectivity index is 4.47. The summed E-state index contributed by atoms with van der Waals surface area (Å²) < 4.78 is 0.134. The van der Waals surface area contributed by atoms with Crippen LogP contribution in [0.3, 0.4) is 0 Å². The molecule has 1 amide bonds. The van der Waals surface area contributed by atoms with Crippen LogP contribution < -0.4 is 5.32 Å². The van der Waals surface area contributed by atoms with Crippen LogP contribution in [0.15, 0.2) is 0 Å².